The SMILES string of the molecule is Brc1ccccc1-c1cn2c3c(sc2n1)CCC3. The molecule has 2 heterocycles. The molecule has 1 aromatic carbocycles. The number of halogens is 1. The van der Waals surface area contributed by atoms with Gasteiger partial charge in [0.25, 0.3) is 0 Å². The number of aryl methyl sites for hydroxylation is 2. The van der Waals surface area contributed by atoms with Gasteiger partial charge in [-0.3, -0.25) is 4.40 Å². The molecule has 4 heteroatoms. The van der Waals surface area contributed by atoms with Crippen LogP contribution in [0.1, 0.15) is 17.0 Å². The van der Waals surface area contributed by atoms with Gasteiger partial charge in [-0.2, -0.15) is 0 Å². The lowest BCUT2D eigenvalue weighted by Gasteiger charge is -1.99. The first-order valence-electron chi connectivity index (χ1n) is 6.07. The summed E-state index contributed by atoms with van der Waals surface area (Å²) in [5.74, 6) is 0. The molecule has 18 heavy (non-hydrogen) atoms. The maximum absolute atomic E-state index is 4.76. The Kier molecular flexibility index (Phi) is 2.35. The van der Waals surface area contributed by atoms with Gasteiger partial charge in [-0.05, 0) is 25.3 Å². The fraction of sp³-hybridized carbons (Fsp3) is 0.214. The summed E-state index contributed by atoms with van der Waals surface area (Å²) in [6.45, 7) is 0. The Bertz CT molecular complexity index is 741. The van der Waals surface area contributed by atoms with Gasteiger partial charge in [0.05, 0.1) is 5.69 Å². The molecular formula is C14H11BrN2S. The summed E-state index contributed by atoms with van der Waals surface area (Å²) in [4.78, 5) is 7.41. The van der Waals surface area contributed by atoms with Gasteiger partial charge in [0.2, 0.25) is 0 Å². The number of rotatable bonds is 1. The topological polar surface area (TPSA) is 17.3 Å². The van der Waals surface area contributed by atoms with Crippen LogP contribution in [-0.4, -0.2) is 9.38 Å². The zero-order valence-corrected chi connectivity index (χ0v) is 12.1. The van der Waals surface area contributed by atoms with E-state index in [2.05, 4.69) is 44.7 Å². The molecule has 4 rings (SSSR count). The minimum Gasteiger partial charge on any atom is -0.294 e. The van der Waals surface area contributed by atoms with Crippen LogP contribution in [0.25, 0.3) is 16.2 Å². The number of benzene rings is 1. The van der Waals surface area contributed by atoms with E-state index in [1.54, 1.807) is 0 Å². The maximum atomic E-state index is 4.76. The predicted octanol–water partition coefficient (Wildman–Crippen LogP) is 4.31. The van der Waals surface area contributed by atoms with E-state index < -0.39 is 0 Å². The fourth-order valence-corrected chi connectivity index (χ4v) is 4.28. The standard InChI is InChI=1S/C14H11BrN2S/c15-10-5-2-1-4-9(10)11-8-17-12-6-3-7-13(12)18-14(17)16-11/h1-2,4-5,8H,3,6-7H2. The summed E-state index contributed by atoms with van der Waals surface area (Å²) >= 11 is 5.44. The Morgan fingerprint density at radius 2 is 2.11 bits per heavy atom. The number of nitrogens with zero attached hydrogens (tertiary/aromatic N) is 2. The Hall–Kier alpha value is -1.13. The van der Waals surface area contributed by atoms with Crippen molar-refractivity contribution >= 4 is 32.2 Å². The van der Waals surface area contributed by atoms with Gasteiger partial charge in [-0.25, -0.2) is 4.98 Å². The highest BCUT2D eigenvalue weighted by Gasteiger charge is 2.19. The number of imidazole rings is 1. The normalized spacial score (nSPS) is 14.3. The van der Waals surface area contributed by atoms with Crippen molar-refractivity contribution in [2.75, 3.05) is 0 Å². The van der Waals surface area contributed by atoms with Gasteiger partial charge in [0.1, 0.15) is 0 Å². The van der Waals surface area contributed by atoms with Crippen LogP contribution in [0, 0.1) is 0 Å². The highest BCUT2D eigenvalue weighted by atomic mass is 79.9. The third kappa shape index (κ3) is 1.49. The largest absolute Gasteiger partial charge is 0.294 e. The summed E-state index contributed by atoms with van der Waals surface area (Å²) in [6, 6.07) is 8.26. The second-order valence-electron chi connectivity index (χ2n) is 4.58. The lowest BCUT2D eigenvalue weighted by Crippen LogP contribution is -1.85. The van der Waals surface area contributed by atoms with E-state index in [0.717, 1.165) is 15.1 Å². The van der Waals surface area contributed by atoms with Gasteiger partial charge in [0, 0.05) is 26.8 Å². The van der Waals surface area contributed by atoms with Gasteiger partial charge < -0.3 is 0 Å². The third-order valence-corrected chi connectivity index (χ3v) is 5.32. The van der Waals surface area contributed by atoms with Crippen LogP contribution in [0.3, 0.4) is 0 Å². The summed E-state index contributed by atoms with van der Waals surface area (Å²) in [6.07, 6.45) is 5.89. The van der Waals surface area contributed by atoms with Gasteiger partial charge in [-0.1, -0.05) is 34.1 Å². The first-order valence-corrected chi connectivity index (χ1v) is 7.68. The Labute approximate surface area is 117 Å². The highest BCUT2D eigenvalue weighted by Crippen LogP contribution is 2.34. The predicted molar refractivity (Wildman–Crippen MR) is 78.2 cm³/mol. The van der Waals surface area contributed by atoms with E-state index in [1.165, 1.54) is 35.4 Å². The summed E-state index contributed by atoms with van der Waals surface area (Å²) in [7, 11) is 0. The molecule has 0 unspecified atom stereocenters. The second kappa shape index (κ2) is 3.93. The fourth-order valence-electron chi connectivity index (χ4n) is 2.60. The smallest absolute Gasteiger partial charge is 0.194 e. The van der Waals surface area contributed by atoms with E-state index in [0.29, 0.717) is 0 Å². The lowest BCUT2D eigenvalue weighted by atomic mass is 10.2. The van der Waals surface area contributed by atoms with Crippen LogP contribution in [0.5, 0.6) is 0 Å². The molecule has 0 saturated carbocycles. The molecule has 1 aliphatic carbocycles. The molecule has 2 aromatic heterocycles. The molecule has 0 atom stereocenters. The van der Waals surface area contributed by atoms with Crippen LogP contribution < -0.4 is 0 Å². The Morgan fingerprint density at radius 1 is 1.22 bits per heavy atom. The molecule has 0 amide bonds. The minimum absolute atomic E-state index is 1.06. The van der Waals surface area contributed by atoms with Gasteiger partial charge in [-0.15, -0.1) is 11.3 Å². The Balaban J connectivity index is 1.92. The van der Waals surface area contributed by atoms with Crippen LogP contribution >= 0.6 is 27.3 Å². The molecule has 3 aromatic rings. The number of hydrogen-bond acceptors (Lipinski definition) is 2. The van der Waals surface area contributed by atoms with Crippen LogP contribution in [-0.2, 0) is 12.8 Å². The number of aromatic nitrogens is 2. The molecular weight excluding hydrogens is 308 g/mol. The van der Waals surface area contributed by atoms with Crippen molar-refractivity contribution in [1.29, 1.82) is 0 Å². The van der Waals surface area contributed by atoms with Crippen molar-refractivity contribution in [1.82, 2.24) is 9.38 Å². The van der Waals surface area contributed by atoms with Gasteiger partial charge in [0.15, 0.2) is 4.96 Å². The lowest BCUT2D eigenvalue weighted by molar-refractivity contribution is 0.888. The molecule has 0 N–H and O–H groups in total. The molecule has 0 spiro atoms. The number of hydrogen-bond donors (Lipinski definition) is 0. The Morgan fingerprint density at radius 3 is 3.00 bits per heavy atom. The van der Waals surface area contributed by atoms with Gasteiger partial charge >= 0.3 is 0 Å². The van der Waals surface area contributed by atoms with Crippen LogP contribution in [0.2, 0.25) is 0 Å². The van der Waals surface area contributed by atoms with E-state index in [4.69, 9.17) is 4.98 Å². The monoisotopic (exact) mass is 318 g/mol. The molecule has 90 valence electrons. The first-order chi connectivity index (χ1) is 8.83. The van der Waals surface area contributed by atoms with Crippen molar-refractivity contribution < 1.29 is 0 Å². The summed E-state index contributed by atoms with van der Waals surface area (Å²) < 4.78 is 3.38. The molecule has 2 nitrogen and oxygen atoms in total. The van der Waals surface area contributed by atoms with Crippen molar-refractivity contribution in [3.05, 3.63) is 45.5 Å². The number of thiazole rings is 1. The molecule has 0 bridgehead atoms. The number of fused-ring (bicyclic) bond motifs is 3. The highest BCUT2D eigenvalue weighted by molar-refractivity contribution is 9.10. The van der Waals surface area contributed by atoms with E-state index >= 15 is 0 Å². The van der Waals surface area contributed by atoms with Crippen LogP contribution in [0.15, 0.2) is 34.9 Å². The first kappa shape index (κ1) is 10.8. The molecule has 0 saturated heterocycles. The average Bonchev–Trinajstić information content (AvgIpc) is 3.00. The van der Waals surface area contributed by atoms with E-state index in [9.17, 15) is 0 Å². The van der Waals surface area contributed by atoms with Crippen molar-refractivity contribution in [2.24, 2.45) is 0 Å². The second-order valence-corrected chi connectivity index (χ2v) is 6.50. The van der Waals surface area contributed by atoms with Crippen LogP contribution in [0.4, 0.5) is 0 Å². The minimum atomic E-state index is 1.06. The molecule has 1 aliphatic rings. The van der Waals surface area contributed by atoms with Crippen molar-refractivity contribution in [2.45, 2.75) is 19.3 Å². The summed E-state index contributed by atoms with van der Waals surface area (Å²) in [5, 5.41) is 0. The van der Waals surface area contributed by atoms with Crippen molar-refractivity contribution in [3.63, 3.8) is 0 Å². The third-order valence-electron chi connectivity index (χ3n) is 3.47. The zero-order chi connectivity index (χ0) is 12.1. The van der Waals surface area contributed by atoms with E-state index in [-0.39, 0.29) is 0 Å². The zero-order valence-electron chi connectivity index (χ0n) is 9.69. The molecule has 0 fully saturated rings. The summed E-state index contributed by atoms with van der Waals surface area (Å²) in [5.41, 5.74) is 3.70. The molecule has 0 aliphatic heterocycles. The van der Waals surface area contributed by atoms with E-state index in [1.807, 2.05) is 17.4 Å². The quantitative estimate of drug-likeness (QED) is 0.653. The average molecular weight is 319 g/mol. The molecule has 0 radical (unpaired) electrons. The van der Waals surface area contributed by atoms with Crippen molar-refractivity contribution in [3.8, 4) is 11.3 Å². The maximum Gasteiger partial charge on any atom is 0.194 e.